The van der Waals surface area contributed by atoms with Gasteiger partial charge >= 0.3 is 0 Å². The average molecular weight is 459 g/mol. The maximum absolute atomic E-state index is 12.9. The number of nitrogens with one attached hydrogen (secondary N) is 1. The highest BCUT2D eigenvalue weighted by atomic mass is 16.5. The molecule has 34 heavy (non-hydrogen) atoms. The summed E-state index contributed by atoms with van der Waals surface area (Å²) >= 11 is 0. The van der Waals surface area contributed by atoms with Crippen molar-refractivity contribution in [2.24, 2.45) is 0 Å². The lowest BCUT2D eigenvalue weighted by Gasteiger charge is -2.33. The Bertz CT molecular complexity index is 1240. The molecule has 0 fully saturated rings. The average Bonchev–Trinajstić information content (AvgIpc) is 2.84. The lowest BCUT2D eigenvalue weighted by Crippen LogP contribution is -2.49. The maximum Gasteiger partial charge on any atom is 0.265 e. The van der Waals surface area contributed by atoms with E-state index in [1.165, 1.54) is 4.90 Å². The summed E-state index contributed by atoms with van der Waals surface area (Å²) in [7, 11) is 0. The molecular formula is C27H26N2O5. The molecule has 1 N–H and O–H groups in total. The van der Waals surface area contributed by atoms with Gasteiger partial charge in [0.25, 0.3) is 5.91 Å². The summed E-state index contributed by atoms with van der Waals surface area (Å²) < 4.78 is 11.3. The van der Waals surface area contributed by atoms with Crippen molar-refractivity contribution in [2.45, 2.75) is 26.8 Å². The van der Waals surface area contributed by atoms with E-state index in [2.05, 4.69) is 5.32 Å². The molecule has 174 valence electrons. The van der Waals surface area contributed by atoms with Crippen molar-refractivity contribution in [2.75, 3.05) is 23.4 Å². The van der Waals surface area contributed by atoms with Gasteiger partial charge in [-0.25, -0.2) is 0 Å². The predicted molar refractivity (Wildman–Crippen MR) is 130 cm³/mol. The van der Waals surface area contributed by atoms with Crippen LogP contribution in [0.4, 0.5) is 11.4 Å². The molecule has 7 nitrogen and oxygen atoms in total. The van der Waals surface area contributed by atoms with Crippen LogP contribution >= 0.6 is 0 Å². The highest BCUT2D eigenvalue weighted by Crippen LogP contribution is 2.35. The lowest BCUT2D eigenvalue weighted by molar-refractivity contribution is -0.125. The molecule has 1 atom stereocenters. The normalized spacial score (nSPS) is 13.5. The van der Waals surface area contributed by atoms with Gasteiger partial charge < -0.3 is 14.8 Å². The van der Waals surface area contributed by atoms with Gasteiger partial charge in [-0.05, 0) is 68.3 Å². The first-order valence-corrected chi connectivity index (χ1v) is 11.0. The first-order valence-electron chi connectivity index (χ1n) is 11.0. The number of hydrogen-bond donors (Lipinski definition) is 1. The molecule has 1 aliphatic heterocycles. The first-order chi connectivity index (χ1) is 16.3. The zero-order valence-electron chi connectivity index (χ0n) is 19.3. The van der Waals surface area contributed by atoms with Gasteiger partial charge in [-0.2, -0.15) is 0 Å². The lowest BCUT2D eigenvalue weighted by atomic mass is 10.1. The number of ketones is 1. The van der Waals surface area contributed by atoms with Gasteiger partial charge in [0.15, 0.2) is 19.0 Å². The van der Waals surface area contributed by atoms with Crippen LogP contribution < -0.4 is 19.7 Å². The van der Waals surface area contributed by atoms with Crippen LogP contribution in [0.2, 0.25) is 0 Å². The van der Waals surface area contributed by atoms with Crippen LogP contribution in [0, 0.1) is 13.8 Å². The molecule has 0 bridgehead atoms. The summed E-state index contributed by atoms with van der Waals surface area (Å²) in [6.45, 7) is 5.23. The van der Waals surface area contributed by atoms with Crippen molar-refractivity contribution in [1.29, 1.82) is 0 Å². The smallest absolute Gasteiger partial charge is 0.265 e. The third-order valence-electron chi connectivity index (χ3n) is 5.88. The Morgan fingerprint density at radius 1 is 1.06 bits per heavy atom. The van der Waals surface area contributed by atoms with Gasteiger partial charge in [0.1, 0.15) is 17.5 Å². The SMILES string of the molecule is Cc1cccc(OCC(=O)c2ccc3c(c2)N([C@@H](C)C(=O)Nc2ccccc2)C(=O)CO3)c1C. The van der Waals surface area contributed by atoms with E-state index in [4.69, 9.17) is 9.47 Å². The Labute approximate surface area is 198 Å². The molecule has 0 saturated heterocycles. The number of ether oxygens (including phenoxy) is 2. The zero-order valence-corrected chi connectivity index (χ0v) is 19.3. The molecule has 0 aromatic heterocycles. The number of anilines is 2. The Morgan fingerprint density at radius 2 is 1.82 bits per heavy atom. The van der Waals surface area contributed by atoms with E-state index < -0.39 is 6.04 Å². The van der Waals surface area contributed by atoms with Crippen LogP contribution in [-0.2, 0) is 9.59 Å². The summed E-state index contributed by atoms with van der Waals surface area (Å²) in [6.07, 6.45) is 0. The zero-order chi connectivity index (χ0) is 24.2. The largest absolute Gasteiger partial charge is 0.485 e. The molecule has 3 aromatic rings. The number of carbonyl (C=O) groups excluding carboxylic acids is 3. The van der Waals surface area contributed by atoms with Crippen LogP contribution in [0.1, 0.15) is 28.4 Å². The molecular weight excluding hydrogens is 432 g/mol. The van der Waals surface area contributed by atoms with Crippen molar-refractivity contribution >= 4 is 29.0 Å². The third kappa shape index (κ3) is 4.78. The molecule has 0 saturated carbocycles. The number of rotatable bonds is 7. The Balaban J connectivity index is 1.54. The van der Waals surface area contributed by atoms with Crippen molar-refractivity contribution < 1.29 is 23.9 Å². The summed E-state index contributed by atoms with van der Waals surface area (Å²) in [5, 5.41) is 2.82. The highest BCUT2D eigenvalue weighted by molar-refractivity contribution is 6.08. The van der Waals surface area contributed by atoms with E-state index >= 15 is 0 Å². The third-order valence-corrected chi connectivity index (χ3v) is 5.88. The number of benzene rings is 3. The number of amides is 2. The van der Waals surface area contributed by atoms with E-state index in [0.717, 1.165) is 11.1 Å². The second kappa shape index (κ2) is 9.79. The molecule has 4 rings (SSSR count). The van der Waals surface area contributed by atoms with Gasteiger partial charge in [0.05, 0.1) is 5.69 Å². The highest BCUT2D eigenvalue weighted by Gasteiger charge is 2.33. The fourth-order valence-electron chi connectivity index (χ4n) is 3.76. The van der Waals surface area contributed by atoms with Crippen molar-refractivity contribution in [1.82, 2.24) is 0 Å². The Hall–Kier alpha value is -4.13. The number of carbonyl (C=O) groups is 3. The topological polar surface area (TPSA) is 84.9 Å². The van der Waals surface area contributed by atoms with Crippen LogP contribution in [-0.4, -0.2) is 36.9 Å². The van der Waals surface area contributed by atoms with E-state index in [-0.39, 0.29) is 30.8 Å². The van der Waals surface area contributed by atoms with Gasteiger partial charge in [-0.3, -0.25) is 19.3 Å². The first kappa shape index (κ1) is 23.0. The second-order valence-corrected chi connectivity index (χ2v) is 8.18. The summed E-state index contributed by atoms with van der Waals surface area (Å²) in [6, 6.07) is 18.7. The van der Waals surface area contributed by atoms with Gasteiger partial charge in [-0.1, -0.05) is 30.3 Å². The molecule has 1 heterocycles. The van der Waals surface area contributed by atoms with E-state index in [1.54, 1.807) is 37.3 Å². The van der Waals surface area contributed by atoms with E-state index in [1.807, 2.05) is 50.2 Å². The van der Waals surface area contributed by atoms with Gasteiger partial charge in [0, 0.05) is 11.3 Å². The monoisotopic (exact) mass is 458 g/mol. The summed E-state index contributed by atoms with van der Waals surface area (Å²) in [4.78, 5) is 39.9. The van der Waals surface area contributed by atoms with Crippen molar-refractivity contribution in [3.05, 3.63) is 83.4 Å². The predicted octanol–water partition coefficient (Wildman–Crippen LogP) is 4.32. The number of fused-ring (bicyclic) bond motifs is 1. The van der Waals surface area contributed by atoms with Crippen LogP contribution in [0.3, 0.4) is 0 Å². The van der Waals surface area contributed by atoms with Gasteiger partial charge in [0.2, 0.25) is 5.91 Å². The molecule has 7 heteroatoms. The van der Waals surface area contributed by atoms with Crippen LogP contribution in [0.5, 0.6) is 11.5 Å². The molecule has 3 aromatic carbocycles. The maximum atomic E-state index is 12.9. The quantitative estimate of drug-likeness (QED) is 0.533. The minimum Gasteiger partial charge on any atom is -0.485 e. The summed E-state index contributed by atoms with van der Waals surface area (Å²) in [5.41, 5.74) is 3.43. The minimum atomic E-state index is -0.813. The molecule has 0 unspecified atom stereocenters. The number of nitrogens with zero attached hydrogens (tertiary/aromatic N) is 1. The molecule has 2 amide bonds. The fraction of sp³-hybridized carbons (Fsp3) is 0.222. The number of hydrogen-bond acceptors (Lipinski definition) is 5. The number of aryl methyl sites for hydroxylation is 1. The second-order valence-electron chi connectivity index (χ2n) is 8.18. The van der Waals surface area contributed by atoms with Crippen molar-refractivity contribution in [3.8, 4) is 11.5 Å². The van der Waals surface area contributed by atoms with Crippen LogP contribution in [0.25, 0.3) is 0 Å². The summed E-state index contributed by atoms with van der Waals surface area (Å²) in [5.74, 6) is 0.133. The molecule has 0 spiro atoms. The minimum absolute atomic E-state index is 0.151. The fourth-order valence-corrected chi connectivity index (χ4v) is 3.76. The number of para-hydroxylation sites is 1. The van der Waals surface area contributed by atoms with Gasteiger partial charge in [-0.15, -0.1) is 0 Å². The van der Waals surface area contributed by atoms with E-state index in [9.17, 15) is 14.4 Å². The Morgan fingerprint density at radius 3 is 2.59 bits per heavy atom. The molecule has 0 aliphatic carbocycles. The van der Waals surface area contributed by atoms with Crippen LogP contribution in [0.15, 0.2) is 66.7 Å². The number of Topliss-reactive ketones (excluding diaryl/α,β-unsaturated/α-hetero) is 1. The standard InChI is InChI=1S/C27H26N2O5/c1-17-8-7-11-24(18(17)2)33-15-23(30)20-12-13-25-22(14-20)29(26(31)16-34-25)19(3)27(32)28-21-9-5-4-6-10-21/h4-14,19H,15-16H2,1-3H3,(H,28,32)/t19-/m0/s1. The van der Waals surface area contributed by atoms with Crippen molar-refractivity contribution in [3.63, 3.8) is 0 Å². The molecule has 0 radical (unpaired) electrons. The molecule has 1 aliphatic rings. The Kier molecular flexibility index (Phi) is 6.63. The van der Waals surface area contributed by atoms with E-state index in [0.29, 0.717) is 28.4 Å².